The monoisotopic (exact) mass is 287 g/mol. The van der Waals surface area contributed by atoms with Crippen LogP contribution in [0.1, 0.15) is 25.6 Å². The van der Waals surface area contributed by atoms with Crippen LogP contribution < -0.4 is 5.32 Å². The molecule has 1 aliphatic heterocycles. The molecule has 0 bridgehead atoms. The van der Waals surface area contributed by atoms with Gasteiger partial charge in [0, 0.05) is 26.6 Å². The molecule has 1 aromatic heterocycles. The second-order valence-corrected chi connectivity index (χ2v) is 5.76. The highest BCUT2D eigenvalue weighted by atomic mass is 16.5. The van der Waals surface area contributed by atoms with E-state index >= 15 is 0 Å². The molecule has 1 aromatic carbocycles. The lowest BCUT2D eigenvalue weighted by Crippen LogP contribution is -2.44. The van der Waals surface area contributed by atoms with Crippen molar-refractivity contribution >= 4 is 16.9 Å². The van der Waals surface area contributed by atoms with Crippen LogP contribution in [0, 0.1) is 0 Å². The number of ether oxygens (including phenoxy) is 1. The highest BCUT2D eigenvalue weighted by Crippen LogP contribution is 2.24. The van der Waals surface area contributed by atoms with Gasteiger partial charge in [0.05, 0.1) is 11.0 Å². The Morgan fingerprint density at radius 2 is 2.29 bits per heavy atom. The minimum atomic E-state index is -0.646. The van der Waals surface area contributed by atoms with Crippen LogP contribution in [0.15, 0.2) is 24.3 Å². The van der Waals surface area contributed by atoms with E-state index in [4.69, 9.17) is 4.74 Å². The first-order chi connectivity index (χ1) is 10.1. The van der Waals surface area contributed by atoms with Crippen LogP contribution in [0.4, 0.5) is 0 Å². The average Bonchev–Trinajstić information content (AvgIpc) is 3.06. The van der Waals surface area contributed by atoms with E-state index in [0.717, 1.165) is 29.7 Å². The molecule has 1 amide bonds. The van der Waals surface area contributed by atoms with Crippen LogP contribution in [0.2, 0.25) is 0 Å². The smallest absolute Gasteiger partial charge is 0.251 e. The van der Waals surface area contributed by atoms with Gasteiger partial charge in [-0.15, -0.1) is 0 Å². The summed E-state index contributed by atoms with van der Waals surface area (Å²) in [4.78, 5) is 16.8. The van der Waals surface area contributed by atoms with E-state index in [1.807, 2.05) is 32.2 Å². The lowest BCUT2D eigenvalue weighted by molar-refractivity contribution is -0.139. The van der Waals surface area contributed by atoms with Gasteiger partial charge >= 0.3 is 0 Å². The average molecular weight is 287 g/mol. The van der Waals surface area contributed by atoms with Crippen molar-refractivity contribution < 1.29 is 9.53 Å². The van der Waals surface area contributed by atoms with E-state index in [0.29, 0.717) is 19.6 Å². The summed E-state index contributed by atoms with van der Waals surface area (Å²) in [5, 5.41) is 2.97. The fourth-order valence-corrected chi connectivity index (χ4v) is 2.85. The molecule has 1 aliphatic rings. The first kappa shape index (κ1) is 14.1. The highest BCUT2D eigenvalue weighted by molar-refractivity contribution is 5.85. The summed E-state index contributed by atoms with van der Waals surface area (Å²) in [6.45, 7) is 3.12. The number of benzene rings is 1. The third-order valence-corrected chi connectivity index (χ3v) is 4.21. The summed E-state index contributed by atoms with van der Waals surface area (Å²) in [5.74, 6) is 0.966. The van der Waals surface area contributed by atoms with Gasteiger partial charge in [0.15, 0.2) is 0 Å². The van der Waals surface area contributed by atoms with Crippen molar-refractivity contribution in [2.24, 2.45) is 7.05 Å². The number of aromatic nitrogens is 2. The lowest BCUT2D eigenvalue weighted by Gasteiger charge is -2.21. The third-order valence-electron chi connectivity index (χ3n) is 4.21. The maximum absolute atomic E-state index is 12.2. The number of fused-ring (bicyclic) bond motifs is 1. The number of amides is 1. The van der Waals surface area contributed by atoms with E-state index in [1.54, 1.807) is 0 Å². The van der Waals surface area contributed by atoms with Gasteiger partial charge < -0.3 is 14.6 Å². The molecule has 2 heterocycles. The number of hydrogen-bond acceptors (Lipinski definition) is 3. The van der Waals surface area contributed by atoms with Crippen molar-refractivity contribution in [2.75, 3.05) is 13.2 Å². The molecule has 5 heteroatoms. The molecule has 3 rings (SSSR count). The summed E-state index contributed by atoms with van der Waals surface area (Å²) >= 11 is 0. The van der Waals surface area contributed by atoms with Crippen molar-refractivity contribution in [2.45, 2.75) is 31.8 Å². The Labute approximate surface area is 124 Å². The van der Waals surface area contributed by atoms with Crippen molar-refractivity contribution in [3.63, 3.8) is 0 Å². The van der Waals surface area contributed by atoms with Crippen molar-refractivity contribution in [1.82, 2.24) is 14.9 Å². The second-order valence-electron chi connectivity index (χ2n) is 5.76. The quantitative estimate of drug-likeness (QED) is 0.933. The first-order valence-electron chi connectivity index (χ1n) is 7.43. The maximum Gasteiger partial charge on any atom is 0.251 e. The second kappa shape index (κ2) is 5.48. The van der Waals surface area contributed by atoms with Crippen molar-refractivity contribution in [3.8, 4) is 0 Å². The normalized spacial score (nSPS) is 21.8. The molecule has 1 saturated heterocycles. The fraction of sp³-hybridized carbons (Fsp3) is 0.500. The lowest BCUT2D eigenvalue weighted by atomic mass is 10.0. The minimum absolute atomic E-state index is 0.0150. The molecule has 0 saturated carbocycles. The van der Waals surface area contributed by atoms with E-state index < -0.39 is 5.60 Å². The first-order valence-corrected chi connectivity index (χ1v) is 7.43. The number of nitrogens with one attached hydrogen (secondary N) is 1. The van der Waals surface area contributed by atoms with Crippen LogP contribution in [0.5, 0.6) is 0 Å². The van der Waals surface area contributed by atoms with Crippen LogP contribution in [0.3, 0.4) is 0 Å². The topological polar surface area (TPSA) is 56.2 Å². The van der Waals surface area contributed by atoms with Gasteiger partial charge in [-0.1, -0.05) is 12.1 Å². The maximum atomic E-state index is 12.2. The highest BCUT2D eigenvalue weighted by Gasteiger charge is 2.37. The van der Waals surface area contributed by atoms with Gasteiger partial charge in [0.1, 0.15) is 11.4 Å². The Bertz CT molecular complexity index is 657. The summed E-state index contributed by atoms with van der Waals surface area (Å²) in [7, 11) is 2.01. The Balaban J connectivity index is 1.62. The van der Waals surface area contributed by atoms with Crippen LogP contribution in [0.25, 0.3) is 11.0 Å². The Morgan fingerprint density at radius 3 is 3.00 bits per heavy atom. The molecule has 112 valence electrons. The summed E-state index contributed by atoms with van der Waals surface area (Å²) in [5.41, 5.74) is 1.46. The predicted octanol–water partition coefficient (Wildman–Crippen LogP) is 1.80. The standard InChI is InChI=1S/C16H21N3O2/c1-16(9-5-11-21-16)15(20)17-10-8-14-18-12-6-3-4-7-13(12)19(14)2/h3-4,6-7H,5,8-11H2,1-2H3,(H,17,20)/t16-/m0/s1. The number of nitrogens with zero attached hydrogens (tertiary/aromatic N) is 2. The van der Waals surface area contributed by atoms with Crippen molar-refractivity contribution in [3.05, 3.63) is 30.1 Å². The number of rotatable bonds is 4. The van der Waals surface area contributed by atoms with E-state index in [9.17, 15) is 4.79 Å². The van der Waals surface area contributed by atoms with Crippen LogP contribution >= 0.6 is 0 Å². The number of carbonyl (C=O) groups excluding carboxylic acids is 1. The summed E-state index contributed by atoms with van der Waals surface area (Å²) < 4.78 is 7.62. The molecule has 1 fully saturated rings. The van der Waals surface area contributed by atoms with Gasteiger partial charge in [0.25, 0.3) is 5.91 Å². The number of imidazole rings is 1. The molecule has 1 atom stereocenters. The Hall–Kier alpha value is -1.88. The molecule has 5 nitrogen and oxygen atoms in total. The largest absolute Gasteiger partial charge is 0.365 e. The number of para-hydroxylation sites is 2. The molecular weight excluding hydrogens is 266 g/mol. The minimum Gasteiger partial charge on any atom is -0.365 e. The molecule has 0 unspecified atom stereocenters. The van der Waals surface area contributed by atoms with Crippen LogP contribution in [-0.4, -0.2) is 34.2 Å². The molecule has 1 N–H and O–H groups in total. The number of hydrogen-bond donors (Lipinski definition) is 1. The van der Waals surface area contributed by atoms with Gasteiger partial charge in [0.2, 0.25) is 0 Å². The summed E-state index contributed by atoms with van der Waals surface area (Å²) in [6, 6.07) is 8.05. The molecule has 0 radical (unpaired) electrons. The van der Waals surface area contributed by atoms with E-state index in [2.05, 4.69) is 20.9 Å². The number of carbonyl (C=O) groups is 1. The van der Waals surface area contributed by atoms with Crippen LogP contribution in [-0.2, 0) is 23.0 Å². The molecule has 0 spiro atoms. The molecule has 2 aromatic rings. The van der Waals surface area contributed by atoms with E-state index in [1.165, 1.54) is 0 Å². The Kier molecular flexibility index (Phi) is 3.68. The van der Waals surface area contributed by atoms with Crippen molar-refractivity contribution in [1.29, 1.82) is 0 Å². The summed E-state index contributed by atoms with van der Waals surface area (Å²) in [6.07, 6.45) is 2.47. The molecule has 21 heavy (non-hydrogen) atoms. The van der Waals surface area contributed by atoms with Gasteiger partial charge in [-0.2, -0.15) is 0 Å². The van der Waals surface area contributed by atoms with Gasteiger partial charge in [-0.05, 0) is 31.9 Å². The number of aryl methyl sites for hydroxylation is 1. The SMILES string of the molecule is Cn1c(CCNC(=O)[C@]2(C)CCCO2)nc2ccccc21. The fourth-order valence-electron chi connectivity index (χ4n) is 2.85. The zero-order valence-electron chi connectivity index (χ0n) is 12.6. The van der Waals surface area contributed by atoms with Gasteiger partial charge in [-0.25, -0.2) is 4.98 Å². The Morgan fingerprint density at radius 1 is 1.48 bits per heavy atom. The predicted molar refractivity (Wildman–Crippen MR) is 81.0 cm³/mol. The van der Waals surface area contributed by atoms with E-state index in [-0.39, 0.29) is 5.91 Å². The molecular formula is C16H21N3O2. The molecule has 0 aliphatic carbocycles. The van der Waals surface area contributed by atoms with Gasteiger partial charge in [-0.3, -0.25) is 4.79 Å². The zero-order valence-corrected chi connectivity index (χ0v) is 12.6. The third kappa shape index (κ3) is 2.65. The zero-order chi connectivity index (χ0) is 14.9.